The number of nitrogens with one attached hydrogen (secondary N) is 1. The third-order valence-electron chi connectivity index (χ3n) is 4.65. The number of primary amides is 1. The van der Waals surface area contributed by atoms with Crippen LogP contribution in [0.4, 0.5) is 10.5 Å². The molecule has 142 valence electrons. The van der Waals surface area contributed by atoms with Crippen molar-refractivity contribution in [3.8, 4) is 0 Å². The number of anilines is 1. The summed E-state index contributed by atoms with van der Waals surface area (Å²) < 4.78 is 0. The summed E-state index contributed by atoms with van der Waals surface area (Å²) >= 11 is 5.95. The molecule has 27 heavy (non-hydrogen) atoms. The number of hydrogen-bond acceptors (Lipinski definition) is 3. The molecule has 0 saturated carbocycles. The van der Waals surface area contributed by atoms with Crippen molar-refractivity contribution in [2.24, 2.45) is 5.73 Å². The van der Waals surface area contributed by atoms with E-state index in [1.54, 1.807) is 4.90 Å². The Morgan fingerprint density at radius 2 is 1.78 bits per heavy atom. The first-order valence-corrected chi connectivity index (χ1v) is 9.27. The van der Waals surface area contributed by atoms with Gasteiger partial charge in [0.1, 0.15) is 0 Å². The summed E-state index contributed by atoms with van der Waals surface area (Å²) in [7, 11) is 0. The zero-order chi connectivity index (χ0) is 19.2. The molecular weight excluding hydrogens is 364 g/mol. The number of nitrogens with zero attached hydrogens (tertiary/aromatic N) is 2. The zero-order valence-corrected chi connectivity index (χ0v) is 15.7. The highest BCUT2D eigenvalue weighted by molar-refractivity contribution is 6.30. The average Bonchev–Trinajstić information content (AvgIpc) is 2.65. The van der Waals surface area contributed by atoms with E-state index in [0.29, 0.717) is 31.2 Å². The Morgan fingerprint density at radius 3 is 2.44 bits per heavy atom. The summed E-state index contributed by atoms with van der Waals surface area (Å²) in [5, 5.41) is 3.58. The lowest BCUT2D eigenvalue weighted by Gasteiger charge is -2.41. The van der Waals surface area contributed by atoms with Crippen LogP contribution in [0.2, 0.25) is 5.02 Å². The summed E-state index contributed by atoms with van der Waals surface area (Å²) in [4.78, 5) is 28.0. The van der Waals surface area contributed by atoms with E-state index in [0.717, 1.165) is 11.3 Å². The molecule has 2 aromatic rings. The van der Waals surface area contributed by atoms with Crippen LogP contribution in [0.15, 0.2) is 54.6 Å². The molecule has 1 unspecified atom stereocenters. The number of urea groups is 1. The van der Waals surface area contributed by atoms with E-state index in [4.69, 9.17) is 17.3 Å². The van der Waals surface area contributed by atoms with Gasteiger partial charge in [0.15, 0.2) is 0 Å². The van der Waals surface area contributed by atoms with Crippen LogP contribution in [-0.2, 0) is 11.3 Å². The lowest BCUT2D eigenvalue weighted by molar-refractivity contribution is -0.119. The second kappa shape index (κ2) is 8.88. The molecule has 3 amide bonds. The molecule has 6 nitrogen and oxygen atoms in total. The first kappa shape index (κ1) is 19.2. The zero-order valence-electron chi connectivity index (χ0n) is 15.0. The summed E-state index contributed by atoms with van der Waals surface area (Å²) in [5.41, 5.74) is 7.30. The van der Waals surface area contributed by atoms with Crippen molar-refractivity contribution >= 4 is 29.2 Å². The highest BCUT2D eigenvalue weighted by Crippen LogP contribution is 2.19. The maximum atomic E-state index is 12.6. The molecule has 1 saturated heterocycles. The molecule has 2 aromatic carbocycles. The molecule has 1 atom stereocenters. The summed E-state index contributed by atoms with van der Waals surface area (Å²) in [6, 6.07) is 16.7. The maximum absolute atomic E-state index is 12.6. The van der Waals surface area contributed by atoms with Crippen LogP contribution in [0.25, 0.3) is 0 Å². The molecule has 3 rings (SSSR count). The second-order valence-electron chi connectivity index (χ2n) is 6.66. The minimum Gasteiger partial charge on any atom is -0.370 e. The Balaban J connectivity index is 1.65. The summed E-state index contributed by atoms with van der Waals surface area (Å²) in [6.45, 7) is 2.39. The van der Waals surface area contributed by atoms with Crippen molar-refractivity contribution in [2.45, 2.75) is 19.0 Å². The van der Waals surface area contributed by atoms with Crippen molar-refractivity contribution in [2.75, 3.05) is 25.0 Å². The van der Waals surface area contributed by atoms with Gasteiger partial charge >= 0.3 is 6.03 Å². The van der Waals surface area contributed by atoms with E-state index >= 15 is 0 Å². The Morgan fingerprint density at radius 1 is 1.07 bits per heavy atom. The normalized spacial score (nSPS) is 17.5. The second-order valence-corrected chi connectivity index (χ2v) is 7.10. The van der Waals surface area contributed by atoms with Crippen molar-refractivity contribution in [3.63, 3.8) is 0 Å². The number of benzene rings is 2. The molecule has 0 aliphatic carbocycles. The van der Waals surface area contributed by atoms with Gasteiger partial charge in [0.25, 0.3) is 0 Å². The number of carbonyl (C=O) groups is 2. The smallest absolute Gasteiger partial charge is 0.321 e. The standard InChI is InChI=1S/C20H23ClN4O2/c21-16-8-6-15(7-9-16)13-24-10-11-25(14-18(24)12-19(22)26)20(27)23-17-4-2-1-3-5-17/h1-9,18H,10-14H2,(H2,22,26)(H,23,27). The van der Waals surface area contributed by atoms with Crippen molar-refractivity contribution in [3.05, 3.63) is 65.2 Å². The fourth-order valence-corrected chi connectivity index (χ4v) is 3.39. The van der Waals surface area contributed by atoms with Gasteiger partial charge in [-0.05, 0) is 29.8 Å². The van der Waals surface area contributed by atoms with Gasteiger partial charge in [-0.3, -0.25) is 9.69 Å². The van der Waals surface area contributed by atoms with Gasteiger partial charge in [-0.15, -0.1) is 0 Å². The molecule has 0 radical (unpaired) electrons. The molecule has 0 aromatic heterocycles. The number of amides is 3. The molecular formula is C20H23ClN4O2. The topological polar surface area (TPSA) is 78.7 Å². The lowest BCUT2D eigenvalue weighted by atomic mass is 10.1. The van der Waals surface area contributed by atoms with Crippen LogP contribution in [-0.4, -0.2) is 47.4 Å². The molecule has 3 N–H and O–H groups in total. The number of nitrogens with two attached hydrogens (primary N) is 1. The van der Waals surface area contributed by atoms with E-state index in [9.17, 15) is 9.59 Å². The van der Waals surface area contributed by atoms with Crippen LogP contribution in [0.5, 0.6) is 0 Å². The van der Waals surface area contributed by atoms with Crippen LogP contribution in [0, 0.1) is 0 Å². The fourth-order valence-electron chi connectivity index (χ4n) is 3.26. The third kappa shape index (κ3) is 5.45. The van der Waals surface area contributed by atoms with E-state index in [1.165, 1.54) is 0 Å². The van der Waals surface area contributed by atoms with Gasteiger partial charge < -0.3 is 16.0 Å². The molecule has 1 fully saturated rings. The van der Waals surface area contributed by atoms with Crippen LogP contribution in [0.1, 0.15) is 12.0 Å². The highest BCUT2D eigenvalue weighted by Gasteiger charge is 2.30. The molecule has 1 heterocycles. The monoisotopic (exact) mass is 386 g/mol. The number of halogens is 1. The molecule has 1 aliphatic rings. The number of para-hydroxylation sites is 1. The van der Waals surface area contributed by atoms with Gasteiger partial charge in [0.05, 0.1) is 0 Å². The minimum atomic E-state index is -0.369. The predicted octanol–water partition coefficient (Wildman–Crippen LogP) is 2.93. The van der Waals surface area contributed by atoms with Gasteiger partial charge in [-0.2, -0.15) is 0 Å². The quantitative estimate of drug-likeness (QED) is 0.829. The van der Waals surface area contributed by atoms with Crippen molar-refractivity contribution < 1.29 is 9.59 Å². The Labute approximate surface area is 163 Å². The Bertz CT molecular complexity index is 782. The van der Waals surface area contributed by atoms with Gasteiger partial charge in [-0.1, -0.05) is 41.9 Å². The van der Waals surface area contributed by atoms with Crippen molar-refractivity contribution in [1.29, 1.82) is 0 Å². The van der Waals surface area contributed by atoms with Crippen molar-refractivity contribution in [1.82, 2.24) is 9.80 Å². The van der Waals surface area contributed by atoms with Crippen LogP contribution >= 0.6 is 11.6 Å². The van der Waals surface area contributed by atoms with Crippen LogP contribution in [0.3, 0.4) is 0 Å². The number of piperazine rings is 1. The number of rotatable bonds is 5. The Hall–Kier alpha value is -2.57. The Kier molecular flexibility index (Phi) is 6.32. The van der Waals surface area contributed by atoms with E-state index in [-0.39, 0.29) is 24.4 Å². The number of carbonyl (C=O) groups excluding carboxylic acids is 2. The SMILES string of the molecule is NC(=O)CC1CN(C(=O)Nc2ccccc2)CCN1Cc1ccc(Cl)cc1. The molecule has 0 bridgehead atoms. The third-order valence-corrected chi connectivity index (χ3v) is 4.90. The number of hydrogen-bond donors (Lipinski definition) is 2. The highest BCUT2D eigenvalue weighted by atomic mass is 35.5. The van der Waals surface area contributed by atoms with Gasteiger partial charge in [0.2, 0.25) is 5.91 Å². The largest absolute Gasteiger partial charge is 0.370 e. The first-order chi connectivity index (χ1) is 13.0. The van der Waals surface area contributed by atoms with E-state index < -0.39 is 0 Å². The minimum absolute atomic E-state index is 0.117. The molecule has 0 spiro atoms. The summed E-state index contributed by atoms with van der Waals surface area (Å²) in [5.74, 6) is -0.369. The lowest BCUT2D eigenvalue weighted by Crippen LogP contribution is -2.56. The average molecular weight is 387 g/mol. The van der Waals surface area contributed by atoms with E-state index in [2.05, 4.69) is 10.2 Å². The molecule has 7 heteroatoms. The predicted molar refractivity (Wildman–Crippen MR) is 106 cm³/mol. The van der Waals surface area contributed by atoms with Gasteiger partial charge in [0, 0.05) is 49.4 Å². The first-order valence-electron chi connectivity index (χ1n) is 8.89. The van der Waals surface area contributed by atoms with Gasteiger partial charge in [-0.25, -0.2) is 4.79 Å². The fraction of sp³-hybridized carbons (Fsp3) is 0.300. The summed E-state index contributed by atoms with van der Waals surface area (Å²) in [6.07, 6.45) is 0.211. The molecule has 1 aliphatic heterocycles. The van der Waals surface area contributed by atoms with Crippen LogP contribution < -0.4 is 11.1 Å². The van der Waals surface area contributed by atoms with E-state index in [1.807, 2.05) is 54.6 Å². The maximum Gasteiger partial charge on any atom is 0.321 e.